The summed E-state index contributed by atoms with van der Waals surface area (Å²) in [7, 11) is 0. The number of ether oxygens (including phenoxy) is 1. The van der Waals surface area contributed by atoms with Crippen LogP contribution in [0.5, 0.6) is 0 Å². The van der Waals surface area contributed by atoms with Crippen molar-refractivity contribution >= 4 is 27.5 Å². The summed E-state index contributed by atoms with van der Waals surface area (Å²) in [5, 5.41) is 0. The summed E-state index contributed by atoms with van der Waals surface area (Å²) < 4.78 is 6.45. The average Bonchev–Trinajstić information content (AvgIpc) is 2.38. The lowest BCUT2D eigenvalue weighted by Crippen LogP contribution is -2.37. The molecule has 0 radical (unpaired) electrons. The molecule has 4 heteroatoms. The highest BCUT2D eigenvalue weighted by Crippen LogP contribution is 2.23. The summed E-state index contributed by atoms with van der Waals surface area (Å²) in [6.45, 7) is 7.74. The molecule has 1 aliphatic heterocycles. The Labute approximate surface area is 135 Å². The number of rotatable bonds is 3. The smallest absolute Gasteiger partial charge is 0.320 e. The van der Waals surface area contributed by atoms with Crippen LogP contribution in [0, 0.1) is 0 Å². The minimum atomic E-state index is -0.411. The molecule has 1 aromatic rings. The second kappa shape index (κ2) is 6.75. The highest BCUT2D eigenvalue weighted by Gasteiger charge is 2.20. The van der Waals surface area contributed by atoms with Crippen LogP contribution < -0.4 is 0 Å². The topological polar surface area (TPSA) is 29.5 Å². The Kier molecular flexibility index (Phi) is 5.22. The van der Waals surface area contributed by atoms with E-state index in [0.29, 0.717) is 6.54 Å². The van der Waals surface area contributed by atoms with Gasteiger partial charge in [0.05, 0.1) is 6.54 Å². The van der Waals surface area contributed by atoms with Crippen molar-refractivity contribution in [3.63, 3.8) is 0 Å². The van der Waals surface area contributed by atoms with Crippen molar-refractivity contribution in [1.82, 2.24) is 4.90 Å². The van der Waals surface area contributed by atoms with Crippen LogP contribution in [0.2, 0.25) is 0 Å². The van der Waals surface area contributed by atoms with Crippen LogP contribution in [-0.2, 0) is 9.53 Å². The molecule has 0 amide bonds. The standard InChI is InChI=1S/C17H22BrNO2/c1-17(2,3)21-16(20)12-19-10-8-14(9-11-19)13-4-6-15(18)7-5-13/h4-8H,9-12H2,1-3H3. The fraction of sp³-hybridized carbons (Fsp3) is 0.471. The Balaban J connectivity index is 1.90. The highest BCUT2D eigenvalue weighted by atomic mass is 79.9. The maximum absolute atomic E-state index is 11.8. The quantitative estimate of drug-likeness (QED) is 0.774. The van der Waals surface area contributed by atoms with E-state index < -0.39 is 5.60 Å². The first kappa shape index (κ1) is 16.2. The molecule has 0 N–H and O–H groups in total. The third-order valence-corrected chi connectivity index (χ3v) is 3.81. The van der Waals surface area contributed by atoms with E-state index in [-0.39, 0.29) is 5.97 Å². The molecule has 114 valence electrons. The first-order valence-corrected chi connectivity index (χ1v) is 8.02. The monoisotopic (exact) mass is 351 g/mol. The number of benzene rings is 1. The molecule has 0 aliphatic carbocycles. The van der Waals surface area contributed by atoms with Gasteiger partial charge in [0.25, 0.3) is 0 Å². The summed E-state index contributed by atoms with van der Waals surface area (Å²) in [5.41, 5.74) is 2.20. The van der Waals surface area contributed by atoms with Crippen molar-refractivity contribution in [2.24, 2.45) is 0 Å². The van der Waals surface area contributed by atoms with E-state index in [4.69, 9.17) is 4.74 Å². The molecule has 0 fully saturated rings. The van der Waals surface area contributed by atoms with Crippen LogP contribution in [0.3, 0.4) is 0 Å². The first-order chi connectivity index (χ1) is 9.83. The molecule has 1 heterocycles. The average molecular weight is 352 g/mol. The highest BCUT2D eigenvalue weighted by molar-refractivity contribution is 9.10. The van der Waals surface area contributed by atoms with Gasteiger partial charge in [-0.1, -0.05) is 34.1 Å². The number of halogens is 1. The number of nitrogens with zero attached hydrogens (tertiary/aromatic N) is 1. The zero-order chi connectivity index (χ0) is 15.5. The van der Waals surface area contributed by atoms with Crippen LogP contribution in [0.25, 0.3) is 5.57 Å². The molecule has 3 nitrogen and oxygen atoms in total. The van der Waals surface area contributed by atoms with Gasteiger partial charge in [-0.05, 0) is 50.5 Å². The molecule has 0 bridgehead atoms. The van der Waals surface area contributed by atoms with Crippen LogP contribution in [0.1, 0.15) is 32.8 Å². The van der Waals surface area contributed by atoms with Crippen molar-refractivity contribution in [2.45, 2.75) is 32.8 Å². The van der Waals surface area contributed by atoms with E-state index in [0.717, 1.165) is 24.0 Å². The Morgan fingerprint density at radius 2 is 1.95 bits per heavy atom. The molecule has 0 saturated heterocycles. The van der Waals surface area contributed by atoms with E-state index in [1.54, 1.807) is 0 Å². The molecule has 0 spiro atoms. The van der Waals surface area contributed by atoms with Crippen molar-refractivity contribution < 1.29 is 9.53 Å². The first-order valence-electron chi connectivity index (χ1n) is 7.23. The Morgan fingerprint density at radius 3 is 2.48 bits per heavy atom. The summed E-state index contributed by atoms with van der Waals surface area (Å²) in [6, 6.07) is 8.37. The lowest BCUT2D eigenvalue weighted by atomic mass is 10.00. The molecule has 0 atom stereocenters. The lowest BCUT2D eigenvalue weighted by Gasteiger charge is -2.27. The van der Waals surface area contributed by atoms with Gasteiger partial charge in [-0.2, -0.15) is 0 Å². The van der Waals surface area contributed by atoms with E-state index in [9.17, 15) is 4.79 Å². The second-order valence-electron chi connectivity index (χ2n) is 6.31. The van der Waals surface area contributed by atoms with Crippen LogP contribution in [0.4, 0.5) is 0 Å². The van der Waals surface area contributed by atoms with Crippen molar-refractivity contribution in [1.29, 1.82) is 0 Å². The molecular weight excluding hydrogens is 330 g/mol. The van der Waals surface area contributed by atoms with Gasteiger partial charge in [0.15, 0.2) is 0 Å². The minimum Gasteiger partial charge on any atom is -0.459 e. The number of esters is 1. The molecule has 1 aromatic carbocycles. The predicted octanol–water partition coefficient (Wildman–Crippen LogP) is 3.88. The molecule has 1 aliphatic rings. The van der Waals surface area contributed by atoms with E-state index in [1.807, 2.05) is 20.8 Å². The summed E-state index contributed by atoms with van der Waals surface area (Å²) in [4.78, 5) is 13.9. The third kappa shape index (κ3) is 5.29. The summed E-state index contributed by atoms with van der Waals surface area (Å²) in [5.74, 6) is -0.150. The maximum atomic E-state index is 11.8. The van der Waals surface area contributed by atoms with E-state index in [1.165, 1.54) is 11.1 Å². The van der Waals surface area contributed by atoms with Gasteiger partial charge in [0.1, 0.15) is 5.60 Å². The number of carbonyl (C=O) groups excluding carboxylic acids is 1. The molecule has 0 unspecified atom stereocenters. The van der Waals surface area contributed by atoms with Gasteiger partial charge in [-0.25, -0.2) is 0 Å². The van der Waals surface area contributed by atoms with Gasteiger partial charge in [0.2, 0.25) is 0 Å². The Hall–Kier alpha value is -1.13. The Bertz CT molecular complexity index is 529. The van der Waals surface area contributed by atoms with Crippen LogP contribution in [0.15, 0.2) is 34.8 Å². The summed E-state index contributed by atoms with van der Waals surface area (Å²) in [6.07, 6.45) is 3.17. The lowest BCUT2D eigenvalue weighted by molar-refractivity contribution is -0.156. The van der Waals surface area contributed by atoms with Crippen LogP contribution >= 0.6 is 15.9 Å². The minimum absolute atomic E-state index is 0.150. The second-order valence-corrected chi connectivity index (χ2v) is 7.22. The number of hydrogen-bond donors (Lipinski definition) is 0. The molecule has 0 saturated carbocycles. The Morgan fingerprint density at radius 1 is 1.29 bits per heavy atom. The molecule has 21 heavy (non-hydrogen) atoms. The van der Waals surface area contributed by atoms with E-state index >= 15 is 0 Å². The SMILES string of the molecule is CC(C)(C)OC(=O)CN1CC=C(c2ccc(Br)cc2)CC1. The molecule has 0 aromatic heterocycles. The fourth-order valence-electron chi connectivity index (χ4n) is 2.34. The maximum Gasteiger partial charge on any atom is 0.320 e. The normalized spacial score (nSPS) is 16.5. The molecular formula is C17H22BrNO2. The van der Waals surface area contributed by atoms with Crippen molar-refractivity contribution in [3.05, 3.63) is 40.4 Å². The largest absolute Gasteiger partial charge is 0.459 e. The zero-order valence-electron chi connectivity index (χ0n) is 12.9. The van der Waals surface area contributed by atoms with Gasteiger partial charge in [-0.3, -0.25) is 9.69 Å². The third-order valence-electron chi connectivity index (χ3n) is 3.28. The summed E-state index contributed by atoms with van der Waals surface area (Å²) >= 11 is 3.45. The predicted molar refractivity (Wildman–Crippen MR) is 89.0 cm³/mol. The zero-order valence-corrected chi connectivity index (χ0v) is 14.4. The van der Waals surface area contributed by atoms with Gasteiger partial charge in [0, 0.05) is 17.6 Å². The number of carbonyl (C=O) groups is 1. The van der Waals surface area contributed by atoms with Gasteiger partial charge in [-0.15, -0.1) is 0 Å². The number of hydrogen-bond acceptors (Lipinski definition) is 3. The fourth-order valence-corrected chi connectivity index (χ4v) is 2.60. The van der Waals surface area contributed by atoms with Crippen molar-refractivity contribution in [2.75, 3.05) is 19.6 Å². The van der Waals surface area contributed by atoms with Crippen molar-refractivity contribution in [3.8, 4) is 0 Å². The van der Waals surface area contributed by atoms with E-state index in [2.05, 4.69) is 51.2 Å². The van der Waals surface area contributed by atoms with Gasteiger partial charge >= 0.3 is 5.97 Å². The van der Waals surface area contributed by atoms with Crippen LogP contribution in [-0.4, -0.2) is 36.1 Å². The molecule has 2 rings (SSSR count). The van der Waals surface area contributed by atoms with Gasteiger partial charge < -0.3 is 4.74 Å².